The summed E-state index contributed by atoms with van der Waals surface area (Å²) < 4.78 is 0. The second-order valence-electron chi connectivity index (χ2n) is 6.02. The number of rotatable bonds is 2. The fraction of sp³-hybridized carbons (Fsp3) is 0.136. The molecule has 3 aromatic rings. The predicted molar refractivity (Wildman–Crippen MR) is 101 cm³/mol. The molecule has 0 saturated heterocycles. The molecule has 0 aliphatic rings. The SMILES string of the molecule is CC(=O)c1ccc2cc(C#Cc3ccc(N(C)C)cc3)ccc2c1. The number of benzene rings is 3. The topological polar surface area (TPSA) is 20.3 Å². The second-order valence-corrected chi connectivity index (χ2v) is 6.02. The Kier molecular flexibility index (Phi) is 4.35. The zero-order valence-corrected chi connectivity index (χ0v) is 14.1. The quantitative estimate of drug-likeness (QED) is 0.512. The highest BCUT2D eigenvalue weighted by Gasteiger charge is 2.01. The van der Waals surface area contributed by atoms with E-state index in [0.29, 0.717) is 0 Å². The van der Waals surface area contributed by atoms with E-state index in [9.17, 15) is 4.79 Å². The van der Waals surface area contributed by atoms with Gasteiger partial charge in [0.1, 0.15) is 0 Å². The first kappa shape index (κ1) is 15.8. The minimum atomic E-state index is 0.0851. The van der Waals surface area contributed by atoms with Gasteiger partial charge in [-0.05, 0) is 60.2 Å². The molecule has 0 unspecified atom stereocenters. The van der Waals surface area contributed by atoms with Gasteiger partial charge in [-0.25, -0.2) is 0 Å². The van der Waals surface area contributed by atoms with Crippen LogP contribution in [-0.4, -0.2) is 19.9 Å². The van der Waals surface area contributed by atoms with Gasteiger partial charge in [-0.15, -0.1) is 0 Å². The Labute approximate surface area is 142 Å². The van der Waals surface area contributed by atoms with Gasteiger partial charge in [-0.3, -0.25) is 4.79 Å². The predicted octanol–water partition coefficient (Wildman–Crippen LogP) is 4.51. The summed E-state index contributed by atoms with van der Waals surface area (Å²) in [5.41, 5.74) is 3.86. The van der Waals surface area contributed by atoms with Crippen LogP contribution in [0.2, 0.25) is 0 Å². The number of carbonyl (C=O) groups excluding carboxylic acids is 1. The number of nitrogens with zero attached hydrogens (tertiary/aromatic N) is 1. The maximum atomic E-state index is 11.5. The monoisotopic (exact) mass is 313 g/mol. The third-order valence-electron chi connectivity index (χ3n) is 3.98. The van der Waals surface area contributed by atoms with E-state index in [1.165, 1.54) is 0 Å². The van der Waals surface area contributed by atoms with Crippen LogP contribution in [0.3, 0.4) is 0 Å². The Morgan fingerprint density at radius 1 is 0.792 bits per heavy atom. The lowest BCUT2D eigenvalue weighted by atomic mass is 10.0. The first-order valence-corrected chi connectivity index (χ1v) is 7.87. The average Bonchev–Trinajstić information content (AvgIpc) is 2.59. The zero-order valence-electron chi connectivity index (χ0n) is 14.1. The largest absolute Gasteiger partial charge is 0.378 e. The summed E-state index contributed by atoms with van der Waals surface area (Å²) in [4.78, 5) is 13.5. The summed E-state index contributed by atoms with van der Waals surface area (Å²) in [6, 6.07) is 20.0. The van der Waals surface area contributed by atoms with Crippen LogP contribution in [0.25, 0.3) is 10.8 Å². The minimum Gasteiger partial charge on any atom is -0.378 e. The number of anilines is 1. The summed E-state index contributed by atoms with van der Waals surface area (Å²) in [6.45, 7) is 1.59. The van der Waals surface area contributed by atoms with Crippen LogP contribution in [0, 0.1) is 11.8 Å². The number of hydrogen-bond donors (Lipinski definition) is 0. The van der Waals surface area contributed by atoms with Crippen molar-refractivity contribution in [3.05, 3.63) is 77.4 Å². The molecule has 0 heterocycles. The number of hydrogen-bond acceptors (Lipinski definition) is 2. The standard InChI is InChI=1S/C22H19NO/c1-16(24)19-10-11-20-14-18(6-9-21(20)15-19)5-4-17-7-12-22(13-8-17)23(2)3/h6-15H,1-3H3. The molecule has 0 N–H and O–H groups in total. The normalized spacial score (nSPS) is 10.1. The molecule has 2 nitrogen and oxygen atoms in total. The summed E-state index contributed by atoms with van der Waals surface area (Å²) in [6.07, 6.45) is 0. The van der Waals surface area contributed by atoms with Gasteiger partial charge in [0.25, 0.3) is 0 Å². The fourth-order valence-electron chi connectivity index (χ4n) is 2.53. The number of carbonyl (C=O) groups is 1. The van der Waals surface area contributed by atoms with Crippen molar-refractivity contribution in [2.75, 3.05) is 19.0 Å². The van der Waals surface area contributed by atoms with Crippen LogP contribution in [0.15, 0.2) is 60.7 Å². The Morgan fingerprint density at radius 3 is 2.04 bits per heavy atom. The van der Waals surface area contributed by atoms with E-state index in [1.807, 2.05) is 56.6 Å². The molecule has 0 spiro atoms. The smallest absolute Gasteiger partial charge is 0.159 e. The molecule has 0 aliphatic carbocycles. The van der Waals surface area contributed by atoms with Crippen molar-refractivity contribution in [2.45, 2.75) is 6.92 Å². The molecule has 0 amide bonds. The fourth-order valence-corrected chi connectivity index (χ4v) is 2.53. The third-order valence-corrected chi connectivity index (χ3v) is 3.98. The molecular formula is C22H19NO. The van der Waals surface area contributed by atoms with E-state index in [0.717, 1.165) is 33.2 Å². The van der Waals surface area contributed by atoms with E-state index >= 15 is 0 Å². The highest BCUT2D eigenvalue weighted by molar-refractivity contribution is 5.98. The molecule has 0 aliphatic heterocycles. The van der Waals surface area contributed by atoms with Gasteiger partial charge in [0.2, 0.25) is 0 Å². The first-order chi connectivity index (χ1) is 11.5. The van der Waals surface area contributed by atoms with Crippen molar-refractivity contribution in [3.63, 3.8) is 0 Å². The van der Waals surface area contributed by atoms with Crippen LogP contribution >= 0.6 is 0 Å². The minimum absolute atomic E-state index is 0.0851. The van der Waals surface area contributed by atoms with Crippen molar-refractivity contribution < 1.29 is 4.79 Å². The number of fused-ring (bicyclic) bond motifs is 1. The molecule has 0 atom stereocenters. The van der Waals surface area contributed by atoms with Gasteiger partial charge in [0, 0.05) is 36.5 Å². The molecule has 3 rings (SSSR count). The Hall–Kier alpha value is -3.05. The molecule has 2 heteroatoms. The summed E-state index contributed by atoms with van der Waals surface area (Å²) in [5, 5.41) is 2.15. The Bertz CT molecular complexity index is 957. The summed E-state index contributed by atoms with van der Waals surface area (Å²) >= 11 is 0. The molecule has 0 radical (unpaired) electrons. The van der Waals surface area contributed by atoms with Gasteiger partial charge in [0.15, 0.2) is 5.78 Å². The maximum absolute atomic E-state index is 11.5. The van der Waals surface area contributed by atoms with Gasteiger partial charge >= 0.3 is 0 Å². The zero-order chi connectivity index (χ0) is 17.1. The summed E-state index contributed by atoms with van der Waals surface area (Å²) in [5.74, 6) is 6.49. The highest BCUT2D eigenvalue weighted by atomic mass is 16.1. The van der Waals surface area contributed by atoms with Gasteiger partial charge < -0.3 is 4.90 Å². The van der Waals surface area contributed by atoms with Crippen molar-refractivity contribution in [1.29, 1.82) is 0 Å². The molecule has 118 valence electrons. The van der Waals surface area contributed by atoms with Crippen molar-refractivity contribution in [1.82, 2.24) is 0 Å². The lowest BCUT2D eigenvalue weighted by Crippen LogP contribution is -2.07. The lowest BCUT2D eigenvalue weighted by Gasteiger charge is -2.11. The van der Waals surface area contributed by atoms with Crippen LogP contribution in [0.1, 0.15) is 28.4 Å². The molecule has 3 aromatic carbocycles. The molecule has 0 saturated carbocycles. The lowest BCUT2D eigenvalue weighted by molar-refractivity contribution is 0.101. The van der Waals surface area contributed by atoms with E-state index in [1.54, 1.807) is 6.92 Å². The molecule has 0 bridgehead atoms. The van der Waals surface area contributed by atoms with Crippen LogP contribution in [0.5, 0.6) is 0 Å². The maximum Gasteiger partial charge on any atom is 0.159 e. The average molecular weight is 313 g/mol. The van der Waals surface area contributed by atoms with E-state index < -0.39 is 0 Å². The molecule has 0 aromatic heterocycles. The molecular weight excluding hydrogens is 294 g/mol. The Balaban J connectivity index is 1.88. The van der Waals surface area contributed by atoms with Gasteiger partial charge in [-0.2, -0.15) is 0 Å². The van der Waals surface area contributed by atoms with Crippen molar-refractivity contribution in [3.8, 4) is 11.8 Å². The van der Waals surface area contributed by atoms with Gasteiger partial charge in [-0.1, -0.05) is 30.0 Å². The van der Waals surface area contributed by atoms with Crippen LogP contribution in [0.4, 0.5) is 5.69 Å². The van der Waals surface area contributed by atoms with Gasteiger partial charge in [0.05, 0.1) is 0 Å². The van der Waals surface area contributed by atoms with Crippen LogP contribution in [-0.2, 0) is 0 Å². The Morgan fingerprint density at radius 2 is 1.38 bits per heavy atom. The molecule has 0 fully saturated rings. The number of Topliss-reactive ketones (excluding diaryl/α,β-unsaturated/α-hetero) is 1. The van der Waals surface area contributed by atoms with Crippen molar-refractivity contribution in [2.24, 2.45) is 0 Å². The van der Waals surface area contributed by atoms with E-state index in [4.69, 9.17) is 0 Å². The third kappa shape index (κ3) is 3.47. The van der Waals surface area contributed by atoms with Crippen molar-refractivity contribution >= 4 is 22.2 Å². The van der Waals surface area contributed by atoms with E-state index in [-0.39, 0.29) is 5.78 Å². The first-order valence-electron chi connectivity index (χ1n) is 7.87. The van der Waals surface area contributed by atoms with Crippen LogP contribution < -0.4 is 4.90 Å². The number of ketones is 1. The molecule has 24 heavy (non-hydrogen) atoms. The highest BCUT2D eigenvalue weighted by Crippen LogP contribution is 2.18. The second kappa shape index (κ2) is 6.60. The van der Waals surface area contributed by atoms with E-state index in [2.05, 4.69) is 34.9 Å². The summed E-state index contributed by atoms with van der Waals surface area (Å²) in [7, 11) is 4.04.